The van der Waals surface area contributed by atoms with Gasteiger partial charge in [-0.05, 0) is 42.7 Å². The third-order valence-corrected chi connectivity index (χ3v) is 4.33. The summed E-state index contributed by atoms with van der Waals surface area (Å²) < 4.78 is 5.88. The number of nitrogens with one attached hydrogen (secondary N) is 1. The first-order chi connectivity index (χ1) is 13.1. The summed E-state index contributed by atoms with van der Waals surface area (Å²) in [6, 6.07) is 11.2. The van der Waals surface area contributed by atoms with Crippen LogP contribution in [0.2, 0.25) is 0 Å². The van der Waals surface area contributed by atoms with Crippen LogP contribution in [0.15, 0.2) is 36.4 Å². The van der Waals surface area contributed by atoms with Crippen molar-refractivity contribution in [2.45, 2.75) is 39.7 Å². The third-order valence-electron chi connectivity index (χ3n) is 4.33. The number of aromatic amines is 1. The number of H-pyrrole nitrogens is 1. The van der Waals surface area contributed by atoms with Crippen molar-refractivity contribution in [1.82, 2.24) is 20.6 Å². The van der Waals surface area contributed by atoms with Crippen molar-refractivity contribution in [1.29, 1.82) is 0 Å². The number of aromatic hydroxyl groups is 1. The average molecular weight is 389 g/mol. The van der Waals surface area contributed by atoms with Crippen molar-refractivity contribution in [2.24, 2.45) is 0 Å². The molecule has 0 bridgehead atoms. The van der Waals surface area contributed by atoms with Gasteiger partial charge in [-0.25, -0.2) is 0 Å². The van der Waals surface area contributed by atoms with Crippen LogP contribution in [0.25, 0.3) is 0 Å². The zero-order valence-corrected chi connectivity index (χ0v) is 18.4. The van der Waals surface area contributed by atoms with Gasteiger partial charge in [0, 0.05) is 12.0 Å². The van der Waals surface area contributed by atoms with E-state index in [9.17, 15) is 9.90 Å². The molecular formula is C20H22N4NaO3+. The Bertz CT molecular complexity index is 912. The summed E-state index contributed by atoms with van der Waals surface area (Å²) in [5, 5.41) is 24.3. The molecule has 0 saturated heterocycles. The van der Waals surface area contributed by atoms with E-state index in [1.807, 2.05) is 37.3 Å². The maximum Gasteiger partial charge on any atom is 1.00 e. The Morgan fingerprint density at radius 1 is 1.18 bits per heavy atom. The van der Waals surface area contributed by atoms with Crippen LogP contribution in [0.4, 0.5) is 0 Å². The molecule has 0 aliphatic carbocycles. The molecule has 7 nitrogen and oxygen atoms in total. The number of phenolic OH excluding ortho intramolecular Hbond substituents is 1. The molecule has 3 rings (SSSR count). The minimum Gasteiger partial charge on any atom is -0.507 e. The van der Waals surface area contributed by atoms with Gasteiger partial charge in [-0.2, -0.15) is 5.21 Å². The van der Waals surface area contributed by atoms with E-state index in [2.05, 4.69) is 20.6 Å². The van der Waals surface area contributed by atoms with E-state index < -0.39 is 0 Å². The molecule has 1 heterocycles. The maximum absolute atomic E-state index is 11.7. The van der Waals surface area contributed by atoms with Crippen LogP contribution in [0.5, 0.6) is 11.5 Å². The van der Waals surface area contributed by atoms with E-state index in [0.29, 0.717) is 30.8 Å². The molecule has 0 aliphatic heterocycles. The van der Waals surface area contributed by atoms with Gasteiger partial charge in [0.2, 0.25) is 0 Å². The first-order valence-corrected chi connectivity index (χ1v) is 8.87. The van der Waals surface area contributed by atoms with Crippen LogP contribution in [0.1, 0.15) is 53.1 Å². The standard InChI is InChI=1S/C20H22N4O3.Na/c1-3-4-18-15(7-10-17(13(2)25)20(18)26)12-27-16-8-5-14(6-9-16)11-19-21-23-24-22-19;/h5-10,26H,3-4,11-12H2,1-2H3,(H,21,22,23,24);/q;+1. The molecule has 2 aromatic carbocycles. The molecule has 140 valence electrons. The van der Waals surface area contributed by atoms with Crippen molar-refractivity contribution < 1.29 is 44.2 Å². The van der Waals surface area contributed by atoms with Crippen molar-refractivity contribution in [3.05, 3.63) is 64.5 Å². The van der Waals surface area contributed by atoms with Crippen LogP contribution in [-0.4, -0.2) is 31.5 Å². The largest absolute Gasteiger partial charge is 1.00 e. The fraction of sp³-hybridized carbons (Fsp3) is 0.300. The molecule has 0 aliphatic rings. The SMILES string of the molecule is CCCc1c(COc2ccc(Cc3nn[nH]n3)cc2)ccc(C(C)=O)c1O.[Na+]. The van der Waals surface area contributed by atoms with Crippen molar-refractivity contribution in [3.8, 4) is 11.5 Å². The van der Waals surface area contributed by atoms with Gasteiger partial charge in [0.15, 0.2) is 11.6 Å². The number of Topliss-reactive ketones (excluding diaryl/α,β-unsaturated/α-hetero) is 1. The Labute approximate surface area is 185 Å². The number of tetrazole rings is 1. The van der Waals surface area contributed by atoms with Gasteiger partial charge in [0.25, 0.3) is 0 Å². The van der Waals surface area contributed by atoms with E-state index in [1.165, 1.54) is 6.92 Å². The van der Waals surface area contributed by atoms with Crippen LogP contribution in [-0.2, 0) is 19.4 Å². The number of carbonyl (C=O) groups is 1. The molecule has 0 amide bonds. The minimum atomic E-state index is -0.144. The van der Waals surface area contributed by atoms with E-state index >= 15 is 0 Å². The first-order valence-electron chi connectivity index (χ1n) is 8.87. The molecule has 0 fully saturated rings. The van der Waals surface area contributed by atoms with Gasteiger partial charge in [-0.3, -0.25) is 4.79 Å². The summed E-state index contributed by atoms with van der Waals surface area (Å²) in [5.74, 6) is 1.29. The third kappa shape index (κ3) is 5.41. The molecule has 1 aromatic heterocycles. The molecule has 28 heavy (non-hydrogen) atoms. The minimum absolute atomic E-state index is 0. The predicted molar refractivity (Wildman–Crippen MR) is 99.9 cm³/mol. The number of phenols is 1. The molecule has 0 atom stereocenters. The summed E-state index contributed by atoms with van der Waals surface area (Å²) in [6.07, 6.45) is 2.15. The number of rotatable bonds is 8. The Balaban J connectivity index is 0.00000280. The molecule has 0 spiro atoms. The van der Waals surface area contributed by atoms with Crippen LogP contribution in [0, 0.1) is 0 Å². The summed E-state index contributed by atoms with van der Waals surface area (Å²) >= 11 is 0. The maximum atomic E-state index is 11.7. The molecule has 3 aromatic rings. The van der Waals surface area contributed by atoms with Gasteiger partial charge in [-0.15, -0.1) is 10.2 Å². The number of nitrogens with zero attached hydrogens (tertiary/aromatic N) is 3. The number of ketones is 1. The number of benzene rings is 2. The topological polar surface area (TPSA) is 101 Å². The van der Waals surface area contributed by atoms with Gasteiger partial charge in [-0.1, -0.05) is 36.8 Å². The Morgan fingerprint density at radius 2 is 1.93 bits per heavy atom. The first kappa shape index (κ1) is 22.1. The summed E-state index contributed by atoms with van der Waals surface area (Å²) in [4.78, 5) is 11.7. The number of aromatic nitrogens is 4. The van der Waals surface area contributed by atoms with E-state index in [1.54, 1.807) is 6.07 Å². The van der Waals surface area contributed by atoms with E-state index in [-0.39, 0.29) is 41.1 Å². The molecule has 0 radical (unpaired) electrons. The molecule has 0 unspecified atom stereocenters. The predicted octanol–water partition coefficient (Wildman–Crippen LogP) is 0.234. The van der Waals surface area contributed by atoms with Crippen LogP contribution < -0.4 is 34.3 Å². The smallest absolute Gasteiger partial charge is 0.507 e. The second kappa shape index (κ2) is 10.4. The normalized spacial score (nSPS) is 10.4. The summed E-state index contributed by atoms with van der Waals surface area (Å²) in [5.41, 5.74) is 3.07. The van der Waals surface area contributed by atoms with E-state index in [0.717, 1.165) is 28.9 Å². The quantitative estimate of drug-likeness (QED) is 0.423. The fourth-order valence-electron chi connectivity index (χ4n) is 2.93. The Morgan fingerprint density at radius 3 is 2.54 bits per heavy atom. The van der Waals surface area contributed by atoms with Gasteiger partial charge in [0.1, 0.15) is 18.1 Å². The number of carbonyl (C=O) groups excluding carboxylic acids is 1. The molecular weight excluding hydrogens is 367 g/mol. The summed E-state index contributed by atoms with van der Waals surface area (Å²) in [6.45, 7) is 3.81. The molecule has 2 N–H and O–H groups in total. The summed E-state index contributed by atoms with van der Waals surface area (Å²) in [7, 11) is 0. The van der Waals surface area contributed by atoms with Gasteiger partial charge < -0.3 is 9.84 Å². The van der Waals surface area contributed by atoms with Gasteiger partial charge in [0.05, 0.1) is 5.56 Å². The van der Waals surface area contributed by atoms with Crippen LogP contribution >= 0.6 is 0 Å². The molecule has 0 saturated carbocycles. The Hall–Kier alpha value is -2.22. The fourth-order valence-corrected chi connectivity index (χ4v) is 2.93. The van der Waals surface area contributed by atoms with Crippen molar-refractivity contribution in [2.75, 3.05) is 0 Å². The second-order valence-electron chi connectivity index (χ2n) is 6.34. The Kier molecular flexibility index (Phi) is 8.17. The average Bonchev–Trinajstić information content (AvgIpc) is 3.16. The second-order valence-corrected chi connectivity index (χ2v) is 6.34. The van der Waals surface area contributed by atoms with E-state index in [4.69, 9.17) is 4.74 Å². The van der Waals surface area contributed by atoms with Gasteiger partial charge >= 0.3 is 29.6 Å². The monoisotopic (exact) mass is 389 g/mol. The zero-order valence-electron chi connectivity index (χ0n) is 16.4. The number of hydrogen-bond acceptors (Lipinski definition) is 6. The van der Waals surface area contributed by atoms with Crippen molar-refractivity contribution >= 4 is 5.78 Å². The zero-order chi connectivity index (χ0) is 19.2. The molecule has 8 heteroatoms. The number of ether oxygens (including phenoxy) is 1. The van der Waals surface area contributed by atoms with Crippen molar-refractivity contribution in [3.63, 3.8) is 0 Å². The number of hydrogen-bond donors (Lipinski definition) is 2. The van der Waals surface area contributed by atoms with Crippen LogP contribution in [0.3, 0.4) is 0 Å².